The van der Waals surface area contributed by atoms with E-state index in [0.717, 1.165) is 0 Å². The standard InChI is InChI=1S/C36H40/c1-2-6-5(1)9-10(6)14-13(9)17-18(14)22-21(17)25-26(22)30-29(25)33-34(30)36-32-28-24-20-16-12-8-4-3-7(8)11(12)15(16)19(20)23(24)27(28)31(32)35(33)36/h5-36H,1-4H2. The first kappa shape index (κ1) is 16.3. The van der Waals surface area contributed by atoms with Crippen LogP contribution in [0.5, 0.6) is 0 Å². The Hall–Kier alpha value is 0. The molecule has 0 nitrogen and oxygen atoms in total. The van der Waals surface area contributed by atoms with Gasteiger partial charge in [-0.2, -0.15) is 0 Å². The van der Waals surface area contributed by atoms with Crippen LogP contribution in [0.2, 0.25) is 0 Å². The Kier molecular flexibility index (Phi) is 1.83. The van der Waals surface area contributed by atoms with E-state index in [2.05, 4.69) is 0 Å². The topological polar surface area (TPSA) is 0 Å². The van der Waals surface area contributed by atoms with E-state index in [9.17, 15) is 0 Å². The third-order valence-corrected chi connectivity index (χ3v) is 22.5. The van der Waals surface area contributed by atoms with Crippen LogP contribution in [0.1, 0.15) is 25.7 Å². The van der Waals surface area contributed by atoms with Crippen molar-refractivity contribution >= 4 is 0 Å². The number of hydrogen-bond donors (Lipinski definition) is 0. The molecular formula is C36H40. The highest BCUT2D eigenvalue weighted by Gasteiger charge is 2.97. The molecule has 36 heavy (non-hydrogen) atoms. The van der Waals surface area contributed by atoms with Crippen molar-refractivity contribution < 1.29 is 0 Å². The zero-order valence-electron chi connectivity index (χ0n) is 21.3. The van der Waals surface area contributed by atoms with E-state index in [1.165, 1.54) is 189 Å². The van der Waals surface area contributed by atoms with E-state index in [1.807, 2.05) is 0 Å². The van der Waals surface area contributed by atoms with Crippen molar-refractivity contribution in [3.05, 3.63) is 0 Å². The van der Waals surface area contributed by atoms with Crippen molar-refractivity contribution in [1.82, 2.24) is 0 Å². The van der Waals surface area contributed by atoms with Gasteiger partial charge in [0, 0.05) is 0 Å². The average Bonchev–Trinajstić information content (AvgIpc) is 2.79. The highest BCUT2D eigenvalue weighted by Crippen LogP contribution is 3.00. The fourth-order valence-corrected chi connectivity index (χ4v) is 22.6. The van der Waals surface area contributed by atoms with Crippen LogP contribution in [0.3, 0.4) is 0 Å². The molecule has 17 fully saturated rings. The van der Waals surface area contributed by atoms with Crippen molar-refractivity contribution in [3.8, 4) is 0 Å². The van der Waals surface area contributed by atoms with E-state index >= 15 is 0 Å². The van der Waals surface area contributed by atoms with E-state index in [1.54, 1.807) is 25.7 Å². The lowest BCUT2D eigenvalue weighted by Gasteiger charge is -3.00. The zero-order valence-corrected chi connectivity index (χ0v) is 21.3. The van der Waals surface area contributed by atoms with Gasteiger partial charge in [-0.3, -0.25) is 0 Å². The Labute approximate surface area is 214 Å². The van der Waals surface area contributed by atoms with Gasteiger partial charge in [-0.05, 0) is 215 Å². The fraction of sp³-hybridized carbons (Fsp3) is 1.00. The summed E-state index contributed by atoms with van der Waals surface area (Å²) in [5.41, 5.74) is 0. The lowest BCUT2D eigenvalue weighted by molar-refractivity contribution is -0.537. The van der Waals surface area contributed by atoms with E-state index in [4.69, 9.17) is 0 Å². The van der Waals surface area contributed by atoms with E-state index in [-0.39, 0.29) is 0 Å². The van der Waals surface area contributed by atoms with E-state index in [0.29, 0.717) is 0 Å². The second-order valence-corrected chi connectivity index (χ2v) is 20.0. The van der Waals surface area contributed by atoms with Crippen LogP contribution in [0.15, 0.2) is 0 Å². The summed E-state index contributed by atoms with van der Waals surface area (Å²) in [4.78, 5) is 0. The minimum Gasteiger partial charge on any atom is -0.0496 e. The Bertz CT molecular complexity index is 1120. The molecule has 0 heteroatoms. The monoisotopic (exact) mass is 472 g/mol. The molecule has 0 saturated heterocycles. The summed E-state index contributed by atoms with van der Waals surface area (Å²) in [6, 6.07) is 0. The van der Waals surface area contributed by atoms with Gasteiger partial charge in [0.05, 0.1) is 0 Å². The maximum absolute atomic E-state index is 1.65. The van der Waals surface area contributed by atoms with Gasteiger partial charge in [-0.15, -0.1) is 0 Å². The fourth-order valence-electron chi connectivity index (χ4n) is 22.6. The van der Waals surface area contributed by atoms with Crippen molar-refractivity contribution in [2.24, 2.45) is 189 Å². The zero-order chi connectivity index (χ0) is 21.3. The molecule has 0 aromatic rings. The molecule has 28 atom stereocenters. The Morgan fingerprint density at radius 1 is 0.139 bits per heavy atom. The molecule has 17 aliphatic rings. The van der Waals surface area contributed by atoms with Crippen molar-refractivity contribution in [2.75, 3.05) is 0 Å². The Morgan fingerprint density at radius 2 is 0.250 bits per heavy atom. The first-order valence-corrected chi connectivity index (χ1v) is 18.0. The quantitative estimate of drug-likeness (QED) is 0.409. The van der Waals surface area contributed by atoms with Crippen LogP contribution in [0.25, 0.3) is 0 Å². The highest BCUT2D eigenvalue weighted by molar-refractivity contribution is 5.43. The second-order valence-electron chi connectivity index (χ2n) is 20.0. The van der Waals surface area contributed by atoms with Crippen LogP contribution < -0.4 is 0 Å². The smallest absolute Gasteiger partial charge is 0.0312 e. The first-order chi connectivity index (χ1) is 18.0. The summed E-state index contributed by atoms with van der Waals surface area (Å²) < 4.78 is 0. The first-order valence-electron chi connectivity index (χ1n) is 18.0. The predicted octanol–water partition coefficient (Wildman–Crippen LogP) is 5.50. The van der Waals surface area contributed by atoms with Gasteiger partial charge in [0.25, 0.3) is 0 Å². The van der Waals surface area contributed by atoms with Crippen molar-refractivity contribution in [2.45, 2.75) is 25.7 Å². The average molecular weight is 473 g/mol. The molecular weight excluding hydrogens is 432 g/mol. The maximum Gasteiger partial charge on any atom is -0.0312 e. The molecule has 0 heterocycles. The van der Waals surface area contributed by atoms with E-state index < -0.39 is 0 Å². The molecule has 0 spiro atoms. The lowest BCUT2D eigenvalue weighted by Crippen LogP contribution is -2.97. The predicted molar refractivity (Wildman–Crippen MR) is 130 cm³/mol. The van der Waals surface area contributed by atoms with Crippen molar-refractivity contribution in [3.63, 3.8) is 0 Å². The highest BCUT2D eigenvalue weighted by atomic mass is 15.0. The van der Waals surface area contributed by atoms with Crippen LogP contribution in [0, 0.1) is 189 Å². The maximum atomic E-state index is 1.65. The van der Waals surface area contributed by atoms with Gasteiger partial charge in [0.2, 0.25) is 0 Å². The van der Waals surface area contributed by atoms with Gasteiger partial charge < -0.3 is 0 Å². The van der Waals surface area contributed by atoms with Gasteiger partial charge >= 0.3 is 0 Å². The summed E-state index contributed by atoms with van der Waals surface area (Å²) in [6.07, 6.45) is 6.62. The number of fused-ring (bicyclic) bond motifs is 46. The molecule has 184 valence electrons. The van der Waals surface area contributed by atoms with Crippen LogP contribution >= 0.6 is 0 Å². The van der Waals surface area contributed by atoms with Gasteiger partial charge in [0.1, 0.15) is 0 Å². The third kappa shape index (κ3) is 0.984. The summed E-state index contributed by atoms with van der Waals surface area (Å²) in [5.74, 6) is 42.0. The molecule has 0 bridgehead atoms. The largest absolute Gasteiger partial charge is 0.0496 e. The minimum absolute atomic E-state index is 1.27. The number of rotatable bonds is 0. The summed E-state index contributed by atoms with van der Waals surface area (Å²) in [7, 11) is 0. The molecule has 17 aliphatic carbocycles. The molecule has 0 aromatic carbocycles. The molecule has 0 amide bonds. The SMILES string of the molecule is C1CC2C1C1C2C2C1C1C2C2C1C1C2C2C1C1C2C2C3C4C5C6C7C8C9CCC9C8C7C6C5C4C3C12. The molecule has 0 aromatic heterocycles. The Balaban J connectivity index is 0.677. The molecule has 17 saturated carbocycles. The molecule has 17 rings (SSSR count). The van der Waals surface area contributed by atoms with Crippen LogP contribution in [-0.4, -0.2) is 0 Å². The summed E-state index contributed by atoms with van der Waals surface area (Å²) >= 11 is 0. The van der Waals surface area contributed by atoms with Crippen molar-refractivity contribution in [1.29, 1.82) is 0 Å². The summed E-state index contributed by atoms with van der Waals surface area (Å²) in [6.45, 7) is 0. The summed E-state index contributed by atoms with van der Waals surface area (Å²) in [5, 5.41) is 0. The Morgan fingerprint density at radius 3 is 0.361 bits per heavy atom. The number of hydrogen-bond acceptors (Lipinski definition) is 0. The normalized spacial score (nSPS) is 98.7. The minimum atomic E-state index is 1.27. The molecule has 0 N–H and O–H groups in total. The van der Waals surface area contributed by atoms with Gasteiger partial charge in [-0.25, -0.2) is 0 Å². The van der Waals surface area contributed by atoms with Gasteiger partial charge in [0.15, 0.2) is 0 Å². The van der Waals surface area contributed by atoms with Gasteiger partial charge in [-0.1, -0.05) is 0 Å². The lowest BCUT2D eigenvalue weighted by atomic mass is 9.04. The third-order valence-electron chi connectivity index (χ3n) is 22.5. The van der Waals surface area contributed by atoms with Crippen LogP contribution in [-0.2, 0) is 0 Å². The molecule has 0 radical (unpaired) electrons. The molecule has 0 aliphatic heterocycles. The van der Waals surface area contributed by atoms with Crippen LogP contribution in [0.4, 0.5) is 0 Å². The molecule has 28 unspecified atom stereocenters. The second kappa shape index (κ2) is 4.05.